The molecule has 1 fully saturated rings. The summed E-state index contributed by atoms with van der Waals surface area (Å²) in [6, 6.07) is 0. The quantitative estimate of drug-likeness (QED) is 0.673. The highest BCUT2D eigenvalue weighted by Crippen LogP contribution is 2.16. The number of rotatable bonds is 6. The summed E-state index contributed by atoms with van der Waals surface area (Å²) in [4.78, 5) is 3.11. The molecule has 0 bridgehead atoms. The number of thiocarbonyl (C=S) groups is 1. The molecule has 1 aliphatic rings. The summed E-state index contributed by atoms with van der Waals surface area (Å²) in [6.45, 7) is 4.39. The Morgan fingerprint density at radius 1 is 1.64 bits per heavy atom. The lowest BCUT2D eigenvalue weighted by atomic mass is 10.1. The zero-order valence-electron chi connectivity index (χ0n) is 8.87. The lowest BCUT2D eigenvalue weighted by Crippen LogP contribution is -2.24. The fourth-order valence-corrected chi connectivity index (χ4v) is 2.11. The highest BCUT2D eigenvalue weighted by molar-refractivity contribution is 7.80. The van der Waals surface area contributed by atoms with Crippen molar-refractivity contribution in [3.05, 3.63) is 0 Å². The second kappa shape index (κ2) is 6.32. The molecule has 0 aliphatic carbocycles. The Balaban J connectivity index is 2.07. The predicted molar refractivity (Wildman–Crippen MR) is 62.4 cm³/mol. The first-order chi connectivity index (χ1) is 6.72. The van der Waals surface area contributed by atoms with Gasteiger partial charge in [0.2, 0.25) is 0 Å². The monoisotopic (exact) mass is 216 g/mol. The highest BCUT2D eigenvalue weighted by atomic mass is 32.1. The lowest BCUT2D eigenvalue weighted by Gasteiger charge is -2.15. The van der Waals surface area contributed by atoms with Crippen LogP contribution in [0.15, 0.2) is 0 Å². The minimum Gasteiger partial charge on any atom is -0.393 e. The zero-order valence-corrected chi connectivity index (χ0v) is 9.68. The number of likely N-dealkylation sites (tertiary alicyclic amines) is 1. The van der Waals surface area contributed by atoms with Crippen molar-refractivity contribution in [2.75, 3.05) is 33.4 Å². The maximum absolute atomic E-state index is 5.45. The molecular formula is C10H20N2OS. The number of hydrogen-bond acceptors (Lipinski definition) is 3. The Labute approximate surface area is 91.6 Å². The van der Waals surface area contributed by atoms with Gasteiger partial charge in [-0.25, -0.2) is 0 Å². The number of nitrogens with zero attached hydrogens (tertiary/aromatic N) is 1. The van der Waals surface area contributed by atoms with E-state index in [0.717, 1.165) is 31.9 Å². The van der Waals surface area contributed by atoms with Crippen LogP contribution < -0.4 is 5.73 Å². The fourth-order valence-electron chi connectivity index (χ4n) is 1.96. The molecule has 0 radical (unpaired) electrons. The Morgan fingerprint density at radius 3 is 3.07 bits per heavy atom. The van der Waals surface area contributed by atoms with Crippen LogP contribution in [0.5, 0.6) is 0 Å². The van der Waals surface area contributed by atoms with Gasteiger partial charge in [0, 0.05) is 13.7 Å². The van der Waals surface area contributed by atoms with Crippen molar-refractivity contribution in [2.45, 2.75) is 19.3 Å². The normalized spacial score (nSPS) is 22.8. The fraction of sp³-hybridized carbons (Fsp3) is 0.900. The molecule has 0 aromatic rings. The van der Waals surface area contributed by atoms with Crippen molar-refractivity contribution in [3.8, 4) is 0 Å². The van der Waals surface area contributed by atoms with Crippen LogP contribution in [0.25, 0.3) is 0 Å². The van der Waals surface area contributed by atoms with Crippen LogP contribution in [-0.4, -0.2) is 43.2 Å². The van der Waals surface area contributed by atoms with E-state index in [1.807, 2.05) is 0 Å². The molecular weight excluding hydrogens is 196 g/mol. The van der Waals surface area contributed by atoms with Gasteiger partial charge in [-0.05, 0) is 38.3 Å². The molecule has 1 rings (SSSR count). The molecule has 1 heterocycles. The largest absolute Gasteiger partial charge is 0.393 e. The SMILES string of the molecule is COCC1CCN(CCCC(N)=S)C1. The summed E-state index contributed by atoms with van der Waals surface area (Å²) in [6.07, 6.45) is 3.23. The third-order valence-corrected chi connectivity index (χ3v) is 2.87. The first kappa shape index (κ1) is 11.9. The summed E-state index contributed by atoms with van der Waals surface area (Å²) >= 11 is 4.84. The third kappa shape index (κ3) is 4.35. The standard InChI is InChI=1S/C10H20N2OS/c1-13-8-9-4-6-12(7-9)5-2-3-10(11)14/h9H,2-8H2,1H3,(H2,11,14). The minimum atomic E-state index is 0.637. The molecule has 0 amide bonds. The minimum absolute atomic E-state index is 0.637. The number of ether oxygens (including phenoxy) is 1. The molecule has 0 spiro atoms. The van der Waals surface area contributed by atoms with E-state index >= 15 is 0 Å². The van der Waals surface area contributed by atoms with E-state index in [0.29, 0.717) is 4.99 Å². The molecule has 4 heteroatoms. The van der Waals surface area contributed by atoms with Crippen LogP contribution in [0, 0.1) is 5.92 Å². The predicted octanol–water partition coefficient (Wildman–Crippen LogP) is 1.02. The smallest absolute Gasteiger partial charge is 0.0727 e. The van der Waals surface area contributed by atoms with Gasteiger partial charge in [-0.1, -0.05) is 12.2 Å². The Morgan fingerprint density at radius 2 is 2.43 bits per heavy atom. The summed E-state index contributed by atoms with van der Waals surface area (Å²) in [5, 5.41) is 0. The lowest BCUT2D eigenvalue weighted by molar-refractivity contribution is 0.153. The van der Waals surface area contributed by atoms with Gasteiger partial charge >= 0.3 is 0 Å². The molecule has 2 N–H and O–H groups in total. The van der Waals surface area contributed by atoms with E-state index in [9.17, 15) is 0 Å². The van der Waals surface area contributed by atoms with E-state index in [4.69, 9.17) is 22.7 Å². The number of methoxy groups -OCH3 is 1. The second-order valence-corrected chi connectivity index (χ2v) is 4.50. The van der Waals surface area contributed by atoms with Crippen molar-refractivity contribution >= 4 is 17.2 Å². The van der Waals surface area contributed by atoms with Gasteiger partial charge in [0.25, 0.3) is 0 Å². The van der Waals surface area contributed by atoms with E-state index in [2.05, 4.69) is 4.90 Å². The van der Waals surface area contributed by atoms with Crippen molar-refractivity contribution in [2.24, 2.45) is 11.7 Å². The maximum atomic E-state index is 5.45. The summed E-state index contributed by atoms with van der Waals surface area (Å²) < 4.78 is 5.15. The van der Waals surface area contributed by atoms with Crippen molar-refractivity contribution in [1.29, 1.82) is 0 Å². The molecule has 0 aromatic heterocycles. The van der Waals surface area contributed by atoms with Gasteiger partial charge in [0.1, 0.15) is 0 Å². The molecule has 82 valence electrons. The van der Waals surface area contributed by atoms with Crippen molar-refractivity contribution in [3.63, 3.8) is 0 Å². The van der Waals surface area contributed by atoms with Crippen molar-refractivity contribution in [1.82, 2.24) is 4.90 Å². The second-order valence-electron chi connectivity index (χ2n) is 3.98. The van der Waals surface area contributed by atoms with E-state index in [1.165, 1.54) is 19.5 Å². The van der Waals surface area contributed by atoms with Crippen LogP contribution in [0.2, 0.25) is 0 Å². The molecule has 1 saturated heterocycles. The van der Waals surface area contributed by atoms with E-state index in [1.54, 1.807) is 7.11 Å². The van der Waals surface area contributed by atoms with Gasteiger partial charge in [-0.3, -0.25) is 0 Å². The number of nitrogens with two attached hydrogens (primary N) is 1. The van der Waals surface area contributed by atoms with Gasteiger partial charge < -0.3 is 15.4 Å². The molecule has 1 unspecified atom stereocenters. The van der Waals surface area contributed by atoms with Gasteiger partial charge in [0.15, 0.2) is 0 Å². The average molecular weight is 216 g/mol. The molecule has 0 aromatic carbocycles. The van der Waals surface area contributed by atoms with Crippen LogP contribution in [-0.2, 0) is 4.74 Å². The average Bonchev–Trinajstić information content (AvgIpc) is 2.53. The van der Waals surface area contributed by atoms with Crippen LogP contribution >= 0.6 is 12.2 Å². The molecule has 0 saturated carbocycles. The third-order valence-electron chi connectivity index (χ3n) is 2.67. The number of hydrogen-bond donors (Lipinski definition) is 1. The summed E-state index contributed by atoms with van der Waals surface area (Å²) in [5.41, 5.74) is 5.45. The first-order valence-electron chi connectivity index (χ1n) is 5.22. The van der Waals surface area contributed by atoms with Crippen LogP contribution in [0.1, 0.15) is 19.3 Å². The Hall–Kier alpha value is -0.190. The molecule has 1 aliphatic heterocycles. The van der Waals surface area contributed by atoms with E-state index < -0.39 is 0 Å². The van der Waals surface area contributed by atoms with Crippen LogP contribution in [0.4, 0.5) is 0 Å². The maximum Gasteiger partial charge on any atom is 0.0727 e. The van der Waals surface area contributed by atoms with Crippen molar-refractivity contribution < 1.29 is 4.74 Å². The molecule has 14 heavy (non-hydrogen) atoms. The highest BCUT2D eigenvalue weighted by Gasteiger charge is 2.21. The van der Waals surface area contributed by atoms with Gasteiger partial charge in [-0.2, -0.15) is 0 Å². The summed E-state index contributed by atoms with van der Waals surface area (Å²) in [7, 11) is 1.77. The zero-order chi connectivity index (χ0) is 10.4. The summed E-state index contributed by atoms with van der Waals surface area (Å²) in [5.74, 6) is 0.727. The Bertz CT molecular complexity index is 187. The molecule has 1 atom stereocenters. The first-order valence-corrected chi connectivity index (χ1v) is 5.62. The topological polar surface area (TPSA) is 38.5 Å². The van der Waals surface area contributed by atoms with Gasteiger partial charge in [0.05, 0.1) is 11.6 Å². The van der Waals surface area contributed by atoms with Crippen LogP contribution in [0.3, 0.4) is 0 Å². The molecule has 3 nitrogen and oxygen atoms in total. The van der Waals surface area contributed by atoms with E-state index in [-0.39, 0.29) is 0 Å². The van der Waals surface area contributed by atoms with Gasteiger partial charge in [-0.15, -0.1) is 0 Å². The Kier molecular flexibility index (Phi) is 5.37.